The van der Waals surface area contributed by atoms with Crippen LogP contribution in [0, 0.1) is 34.8 Å². The standard InChI is InChI=1S/C19H16N4O6/c1-3-8-28-18(24)14-13(11-6-5-7-12(10-11)23(26)27)15(17(21)22-16(14)20)19(25)29-9-4-2/h1-2,5-7,10,13,22H,8-9,20-21H2. The van der Waals surface area contributed by atoms with Gasteiger partial charge in [-0.1, -0.05) is 24.0 Å². The molecule has 0 unspecified atom stereocenters. The summed E-state index contributed by atoms with van der Waals surface area (Å²) >= 11 is 0. The summed E-state index contributed by atoms with van der Waals surface area (Å²) in [5, 5.41) is 13.7. The zero-order valence-electron chi connectivity index (χ0n) is 15.0. The van der Waals surface area contributed by atoms with Crippen molar-refractivity contribution in [2.45, 2.75) is 5.92 Å². The van der Waals surface area contributed by atoms with Gasteiger partial charge in [0, 0.05) is 12.1 Å². The third-order valence-electron chi connectivity index (χ3n) is 3.85. The third-order valence-corrected chi connectivity index (χ3v) is 3.85. The van der Waals surface area contributed by atoms with E-state index in [2.05, 4.69) is 17.2 Å². The summed E-state index contributed by atoms with van der Waals surface area (Å²) < 4.78 is 9.88. The molecule has 0 aromatic heterocycles. The summed E-state index contributed by atoms with van der Waals surface area (Å²) in [7, 11) is 0. The van der Waals surface area contributed by atoms with E-state index in [0.717, 1.165) is 0 Å². The van der Waals surface area contributed by atoms with Gasteiger partial charge in [-0.05, 0) is 5.56 Å². The lowest BCUT2D eigenvalue weighted by Gasteiger charge is -2.29. The maximum atomic E-state index is 12.6. The zero-order valence-corrected chi connectivity index (χ0v) is 15.0. The summed E-state index contributed by atoms with van der Waals surface area (Å²) in [6.07, 6.45) is 10.2. The molecule has 0 radical (unpaired) electrons. The Morgan fingerprint density at radius 2 is 1.62 bits per heavy atom. The number of ether oxygens (including phenoxy) is 2. The molecule has 1 heterocycles. The topological polar surface area (TPSA) is 160 Å². The Morgan fingerprint density at radius 3 is 2.07 bits per heavy atom. The van der Waals surface area contributed by atoms with Crippen molar-refractivity contribution in [1.82, 2.24) is 5.32 Å². The number of nitrogens with one attached hydrogen (secondary N) is 1. The highest BCUT2D eigenvalue weighted by Crippen LogP contribution is 2.38. The Balaban J connectivity index is 2.65. The minimum absolute atomic E-state index is 0.187. The molecule has 0 saturated heterocycles. The molecule has 0 bridgehead atoms. The fourth-order valence-corrected chi connectivity index (χ4v) is 2.71. The van der Waals surface area contributed by atoms with Crippen LogP contribution in [0.1, 0.15) is 11.5 Å². The molecule has 0 aliphatic carbocycles. The number of carbonyl (C=O) groups is 2. The molecule has 0 amide bonds. The zero-order chi connectivity index (χ0) is 21.6. The first-order chi connectivity index (χ1) is 13.8. The summed E-state index contributed by atoms with van der Waals surface area (Å²) in [4.78, 5) is 35.7. The molecule has 1 aromatic rings. The third kappa shape index (κ3) is 4.46. The molecule has 148 valence electrons. The van der Waals surface area contributed by atoms with Gasteiger partial charge in [-0.25, -0.2) is 9.59 Å². The lowest BCUT2D eigenvalue weighted by molar-refractivity contribution is -0.384. The Hall–Kier alpha value is -4.44. The van der Waals surface area contributed by atoms with Crippen molar-refractivity contribution in [2.75, 3.05) is 13.2 Å². The second kappa shape index (κ2) is 8.97. The summed E-state index contributed by atoms with van der Waals surface area (Å²) in [5.74, 6) is 0.793. The molecule has 10 heteroatoms. The van der Waals surface area contributed by atoms with Gasteiger partial charge in [0.05, 0.1) is 22.0 Å². The van der Waals surface area contributed by atoms with Crippen molar-refractivity contribution in [1.29, 1.82) is 0 Å². The fourth-order valence-electron chi connectivity index (χ4n) is 2.71. The maximum absolute atomic E-state index is 12.6. The average molecular weight is 396 g/mol. The first-order valence-corrected chi connectivity index (χ1v) is 8.03. The predicted molar refractivity (Wildman–Crippen MR) is 101 cm³/mol. The van der Waals surface area contributed by atoms with Gasteiger partial charge in [-0.2, -0.15) is 0 Å². The summed E-state index contributed by atoms with van der Waals surface area (Å²) in [6, 6.07) is 5.28. The summed E-state index contributed by atoms with van der Waals surface area (Å²) in [5.41, 5.74) is 11.3. The second-order valence-electron chi connectivity index (χ2n) is 5.63. The highest BCUT2D eigenvalue weighted by Gasteiger charge is 2.39. The second-order valence-corrected chi connectivity index (χ2v) is 5.63. The molecule has 1 aliphatic heterocycles. The van der Waals surface area contributed by atoms with Crippen LogP contribution in [0.4, 0.5) is 5.69 Å². The van der Waals surface area contributed by atoms with Crippen LogP contribution in [0.3, 0.4) is 0 Å². The van der Waals surface area contributed by atoms with Gasteiger partial charge in [0.2, 0.25) is 0 Å². The first-order valence-electron chi connectivity index (χ1n) is 8.03. The minimum Gasteiger partial charge on any atom is -0.449 e. The Labute approximate surface area is 165 Å². The van der Waals surface area contributed by atoms with Crippen LogP contribution < -0.4 is 16.8 Å². The van der Waals surface area contributed by atoms with E-state index in [1.54, 1.807) is 0 Å². The molecule has 0 fully saturated rings. The number of nitrogens with two attached hydrogens (primary N) is 2. The highest BCUT2D eigenvalue weighted by molar-refractivity contribution is 5.99. The molecular weight excluding hydrogens is 380 g/mol. The molecule has 1 aromatic carbocycles. The van der Waals surface area contributed by atoms with Crippen LogP contribution in [0.5, 0.6) is 0 Å². The van der Waals surface area contributed by atoms with Gasteiger partial charge < -0.3 is 26.3 Å². The molecule has 5 N–H and O–H groups in total. The molecule has 2 rings (SSSR count). The number of rotatable bonds is 6. The average Bonchev–Trinajstić information content (AvgIpc) is 2.69. The number of hydrogen-bond donors (Lipinski definition) is 3. The van der Waals surface area contributed by atoms with Gasteiger partial charge in [0.25, 0.3) is 5.69 Å². The van der Waals surface area contributed by atoms with Crippen LogP contribution in [0.25, 0.3) is 0 Å². The largest absolute Gasteiger partial charge is 0.449 e. The predicted octanol–water partition coefficient (Wildman–Crippen LogP) is -0.0250. The molecule has 1 aliphatic rings. The Kier molecular flexibility index (Phi) is 6.46. The number of dihydropyridines is 1. The maximum Gasteiger partial charge on any atom is 0.339 e. The number of carbonyl (C=O) groups excluding carboxylic acids is 2. The van der Waals surface area contributed by atoms with Crippen molar-refractivity contribution in [3.8, 4) is 24.7 Å². The number of nitro groups is 1. The van der Waals surface area contributed by atoms with E-state index < -0.39 is 22.8 Å². The van der Waals surface area contributed by atoms with Crippen molar-refractivity contribution in [3.05, 3.63) is 62.7 Å². The molecule has 0 spiro atoms. The molecule has 29 heavy (non-hydrogen) atoms. The van der Waals surface area contributed by atoms with Crippen LogP contribution in [0.15, 0.2) is 47.1 Å². The lowest BCUT2D eigenvalue weighted by Crippen LogP contribution is -2.39. The van der Waals surface area contributed by atoms with Gasteiger partial charge >= 0.3 is 11.9 Å². The van der Waals surface area contributed by atoms with Crippen molar-refractivity contribution >= 4 is 17.6 Å². The Bertz CT molecular complexity index is 960. The van der Waals surface area contributed by atoms with Crippen LogP contribution in [0.2, 0.25) is 0 Å². The van der Waals surface area contributed by atoms with E-state index in [1.807, 2.05) is 0 Å². The van der Waals surface area contributed by atoms with Gasteiger partial charge in [0.15, 0.2) is 13.2 Å². The quantitative estimate of drug-likeness (QED) is 0.260. The van der Waals surface area contributed by atoms with Gasteiger partial charge in [0.1, 0.15) is 11.6 Å². The molecular formula is C19H16N4O6. The SMILES string of the molecule is C#CCOC(=O)C1=C(N)NC(N)=C(C(=O)OCC#C)C1c1cccc([N+](=O)[O-])c1. The first kappa shape index (κ1) is 20.9. The van der Waals surface area contributed by atoms with Crippen LogP contribution >= 0.6 is 0 Å². The van der Waals surface area contributed by atoms with Crippen molar-refractivity contribution < 1.29 is 24.0 Å². The number of benzene rings is 1. The van der Waals surface area contributed by atoms with Crippen molar-refractivity contribution in [3.63, 3.8) is 0 Å². The highest BCUT2D eigenvalue weighted by atomic mass is 16.6. The summed E-state index contributed by atoms with van der Waals surface area (Å²) in [6.45, 7) is -0.708. The molecule has 10 nitrogen and oxygen atoms in total. The number of terminal acetylenes is 2. The number of nitrogens with zero attached hydrogens (tertiary/aromatic N) is 1. The normalized spacial score (nSPS) is 13.7. The van der Waals surface area contributed by atoms with Gasteiger partial charge in [-0.15, -0.1) is 12.8 Å². The van der Waals surface area contributed by atoms with E-state index in [9.17, 15) is 19.7 Å². The van der Waals surface area contributed by atoms with Crippen LogP contribution in [-0.2, 0) is 19.1 Å². The van der Waals surface area contributed by atoms with E-state index in [0.29, 0.717) is 0 Å². The number of esters is 2. The molecule has 0 saturated carbocycles. The number of non-ortho nitro benzene ring substituents is 1. The lowest BCUT2D eigenvalue weighted by atomic mass is 9.82. The minimum atomic E-state index is -1.22. The van der Waals surface area contributed by atoms with Crippen LogP contribution in [-0.4, -0.2) is 30.1 Å². The van der Waals surface area contributed by atoms with E-state index >= 15 is 0 Å². The number of hydrogen-bond acceptors (Lipinski definition) is 9. The van der Waals surface area contributed by atoms with E-state index in [4.69, 9.17) is 33.8 Å². The van der Waals surface area contributed by atoms with E-state index in [-0.39, 0.29) is 47.3 Å². The Morgan fingerprint density at radius 1 is 1.10 bits per heavy atom. The smallest absolute Gasteiger partial charge is 0.339 e. The molecule has 0 atom stereocenters. The fraction of sp³-hybridized carbons (Fsp3) is 0.158. The monoisotopic (exact) mass is 396 g/mol. The number of nitro benzene ring substituents is 1. The van der Waals surface area contributed by atoms with Gasteiger partial charge in [-0.3, -0.25) is 10.1 Å². The van der Waals surface area contributed by atoms with E-state index in [1.165, 1.54) is 24.3 Å². The van der Waals surface area contributed by atoms with Crippen molar-refractivity contribution in [2.24, 2.45) is 11.5 Å².